The van der Waals surface area contributed by atoms with Gasteiger partial charge in [-0.25, -0.2) is 4.39 Å². The molecule has 0 aliphatic rings. The lowest BCUT2D eigenvalue weighted by molar-refractivity contribution is 0.414. The maximum Gasteiger partial charge on any atom is 0.146 e. The maximum absolute atomic E-state index is 13.6. The monoisotopic (exact) mass is 242 g/mol. The number of halogens is 1. The number of nitriles is 1. The van der Waals surface area contributed by atoms with Gasteiger partial charge in [-0.2, -0.15) is 5.26 Å². The molecule has 90 valence electrons. The number of nitrogens with one attached hydrogen (secondary N) is 1. The molecule has 18 heavy (non-hydrogen) atoms. The summed E-state index contributed by atoms with van der Waals surface area (Å²) < 4.78 is 18.6. The van der Waals surface area contributed by atoms with Gasteiger partial charge in [-0.15, -0.1) is 0 Å². The van der Waals surface area contributed by atoms with Gasteiger partial charge in [-0.05, 0) is 36.4 Å². The summed E-state index contributed by atoms with van der Waals surface area (Å²) in [4.78, 5) is 0. The topological polar surface area (TPSA) is 45.0 Å². The zero-order chi connectivity index (χ0) is 13.0. The highest BCUT2D eigenvalue weighted by atomic mass is 19.1. The molecule has 0 saturated carbocycles. The third kappa shape index (κ3) is 2.58. The lowest BCUT2D eigenvalue weighted by Gasteiger charge is -2.09. The highest BCUT2D eigenvalue weighted by molar-refractivity contribution is 5.62. The lowest BCUT2D eigenvalue weighted by Crippen LogP contribution is -1.95. The fourth-order valence-electron chi connectivity index (χ4n) is 1.51. The normalized spacial score (nSPS) is 9.61. The molecule has 1 N–H and O–H groups in total. The van der Waals surface area contributed by atoms with Crippen molar-refractivity contribution in [1.82, 2.24) is 0 Å². The smallest absolute Gasteiger partial charge is 0.146 e. The second kappa shape index (κ2) is 5.19. The van der Waals surface area contributed by atoms with Gasteiger partial charge < -0.3 is 10.1 Å². The van der Waals surface area contributed by atoms with Crippen LogP contribution in [0.3, 0.4) is 0 Å². The van der Waals surface area contributed by atoms with Crippen LogP contribution in [0.1, 0.15) is 5.56 Å². The van der Waals surface area contributed by atoms with E-state index in [0.717, 1.165) is 0 Å². The van der Waals surface area contributed by atoms with Crippen LogP contribution in [-0.2, 0) is 0 Å². The number of methoxy groups -OCH3 is 1. The zero-order valence-corrected chi connectivity index (χ0v) is 9.77. The molecule has 0 spiro atoms. The van der Waals surface area contributed by atoms with Crippen LogP contribution >= 0.6 is 0 Å². The van der Waals surface area contributed by atoms with Crippen LogP contribution in [-0.4, -0.2) is 7.11 Å². The fraction of sp³-hybridized carbons (Fsp3) is 0.0714. The molecular weight excluding hydrogens is 231 g/mol. The third-order valence-electron chi connectivity index (χ3n) is 2.47. The van der Waals surface area contributed by atoms with Crippen molar-refractivity contribution < 1.29 is 9.13 Å². The number of benzene rings is 2. The standard InChI is InChI=1S/C14H11FN2O/c1-18-12-6-7-13(15)14(8-12)17-11-4-2-10(9-16)3-5-11/h2-8,17H,1H3. The van der Waals surface area contributed by atoms with Gasteiger partial charge in [-0.3, -0.25) is 0 Å². The summed E-state index contributed by atoms with van der Waals surface area (Å²) in [6, 6.07) is 13.3. The van der Waals surface area contributed by atoms with Crippen molar-refractivity contribution in [3.05, 3.63) is 53.8 Å². The van der Waals surface area contributed by atoms with E-state index in [1.807, 2.05) is 6.07 Å². The fourth-order valence-corrected chi connectivity index (χ4v) is 1.51. The first-order valence-corrected chi connectivity index (χ1v) is 5.33. The lowest BCUT2D eigenvalue weighted by atomic mass is 10.2. The van der Waals surface area contributed by atoms with Crippen LogP contribution in [0.2, 0.25) is 0 Å². The molecule has 2 aromatic rings. The largest absolute Gasteiger partial charge is 0.497 e. The number of hydrogen-bond acceptors (Lipinski definition) is 3. The predicted molar refractivity (Wildman–Crippen MR) is 67.4 cm³/mol. The minimum atomic E-state index is -0.361. The summed E-state index contributed by atoms with van der Waals surface area (Å²) in [5.74, 6) is 0.215. The van der Waals surface area contributed by atoms with E-state index >= 15 is 0 Å². The van der Waals surface area contributed by atoms with Gasteiger partial charge in [-0.1, -0.05) is 0 Å². The van der Waals surface area contributed by atoms with E-state index in [1.165, 1.54) is 13.2 Å². The second-order valence-corrected chi connectivity index (χ2v) is 3.66. The Hall–Kier alpha value is -2.54. The molecule has 0 unspecified atom stereocenters. The van der Waals surface area contributed by atoms with Crippen molar-refractivity contribution >= 4 is 11.4 Å². The van der Waals surface area contributed by atoms with Gasteiger partial charge in [0.15, 0.2) is 0 Å². The van der Waals surface area contributed by atoms with Gasteiger partial charge in [0.05, 0.1) is 24.4 Å². The molecule has 0 aliphatic heterocycles. The molecule has 2 aromatic carbocycles. The van der Waals surface area contributed by atoms with E-state index in [1.54, 1.807) is 36.4 Å². The van der Waals surface area contributed by atoms with Crippen molar-refractivity contribution in [3.63, 3.8) is 0 Å². The van der Waals surface area contributed by atoms with Crippen molar-refractivity contribution in [3.8, 4) is 11.8 Å². The van der Waals surface area contributed by atoms with Gasteiger partial charge in [0.1, 0.15) is 11.6 Å². The van der Waals surface area contributed by atoms with Gasteiger partial charge >= 0.3 is 0 Å². The minimum Gasteiger partial charge on any atom is -0.497 e. The van der Waals surface area contributed by atoms with E-state index in [0.29, 0.717) is 22.7 Å². The Labute approximate surface area is 104 Å². The Balaban J connectivity index is 2.25. The van der Waals surface area contributed by atoms with E-state index in [-0.39, 0.29) is 5.82 Å². The summed E-state index contributed by atoms with van der Waals surface area (Å²) in [6.07, 6.45) is 0. The number of nitrogens with zero attached hydrogens (tertiary/aromatic N) is 1. The molecule has 0 radical (unpaired) electrons. The van der Waals surface area contributed by atoms with E-state index in [9.17, 15) is 4.39 Å². The number of rotatable bonds is 3. The summed E-state index contributed by atoms with van der Waals surface area (Å²) in [5.41, 5.74) is 1.60. The van der Waals surface area contributed by atoms with Crippen LogP contribution in [0.5, 0.6) is 5.75 Å². The van der Waals surface area contributed by atoms with Crippen LogP contribution in [0.15, 0.2) is 42.5 Å². The molecule has 3 nitrogen and oxygen atoms in total. The Bertz CT molecular complexity index is 588. The average Bonchev–Trinajstić information content (AvgIpc) is 2.42. The maximum atomic E-state index is 13.6. The van der Waals surface area contributed by atoms with Crippen molar-refractivity contribution in [2.24, 2.45) is 0 Å². The number of ether oxygens (including phenoxy) is 1. The summed E-state index contributed by atoms with van der Waals surface area (Å²) in [6.45, 7) is 0. The highest BCUT2D eigenvalue weighted by Gasteiger charge is 2.04. The van der Waals surface area contributed by atoms with E-state index < -0.39 is 0 Å². The molecule has 2 rings (SSSR count). The molecule has 0 saturated heterocycles. The number of anilines is 2. The summed E-state index contributed by atoms with van der Waals surface area (Å²) in [5, 5.41) is 11.6. The van der Waals surface area contributed by atoms with Crippen LogP contribution in [0, 0.1) is 17.1 Å². The highest BCUT2D eigenvalue weighted by Crippen LogP contribution is 2.24. The first-order valence-electron chi connectivity index (χ1n) is 5.33. The summed E-state index contributed by atoms with van der Waals surface area (Å²) in [7, 11) is 1.53. The molecule has 0 atom stereocenters. The molecule has 4 heteroatoms. The van der Waals surface area contributed by atoms with Crippen molar-refractivity contribution in [2.45, 2.75) is 0 Å². The van der Waals surface area contributed by atoms with E-state index in [2.05, 4.69) is 5.32 Å². The van der Waals surface area contributed by atoms with Crippen LogP contribution in [0.25, 0.3) is 0 Å². The zero-order valence-electron chi connectivity index (χ0n) is 9.77. The van der Waals surface area contributed by atoms with Crippen molar-refractivity contribution in [2.75, 3.05) is 12.4 Å². The molecule has 0 aromatic heterocycles. The Morgan fingerprint density at radius 2 is 1.89 bits per heavy atom. The first kappa shape index (κ1) is 11.9. The SMILES string of the molecule is COc1ccc(F)c(Nc2ccc(C#N)cc2)c1. The van der Waals surface area contributed by atoms with Crippen molar-refractivity contribution in [1.29, 1.82) is 5.26 Å². The molecular formula is C14H11FN2O. The molecule has 0 amide bonds. The quantitative estimate of drug-likeness (QED) is 0.896. The predicted octanol–water partition coefficient (Wildman–Crippen LogP) is 3.45. The van der Waals surface area contributed by atoms with Crippen LogP contribution < -0.4 is 10.1 Å². The summed E-state index contributed by atoms with van der Waals surface area (Å²) >= 11 is 0. The Kier molecular flexibility index (Phi) is 3.44. The van der Waals surface area contributed by atoms with Gasteiger partial charge in [0.2, 0.25) is 0 Å². The van der Waals surface area contributed by atoms with E-state index in [4.69, 9.17) is 10.00 Å². The third-order valence-corrected chi connectivity index (χ3v) is 2.47. The second-order valence-electron chi connectivity index (χ2n) is 3.66. The minimum absolute atomic E-state index is 0.332. The molecule has 0 heterocycles. The molecule has 0 bridgehead atoms. The average molecular weight is 242 g/mol. The Morgan fingerprint density at radius 3 is 2.50 bits per heavy atom. The molecule has 0 fully saturated rings. The van der Waals surface area contributed by atoms with Gasteiger partial charge in [0.25, 0.3) is 0 Å². The Morgan fingerprint density at radius 1 is 1.17 bits per heavy atom. The first-order chi connectivity index (χ1) is 8.72. The van der Waals surface area contributed by atoms with Gasteiger partial charge in [0, 0.05) is 11.8 Å². The van der Waals surface area contributed by atoms with Crippen LogP contribution in [0.4, 0.5) is 15.8 Å². The molecule has 0 aliphatic carbocycles. The number of hydrogen-bond donors (Lipinski definition) is 1.